The van der Waals surface area contributed by atoms with Crippen molar-refractivity contribution in [3.05, 3.63) is 63.9 Å². The highest BCUT2D eigenvalue weighted by atomic mass is 35.5. The van der Waals surface area contributed by atoms with Crippen LogP contribution in [0, 0.1) is 17.8 Å². The molecule has 0 aliphatic heterocycles. The van der Waals surface area contributed by atoms with Crippen LogP contribution in [0.2, 0.25) is 5.02 Å². The van der Waals surface area contributed by atoms with Gasteiger partial charge < -0.3 is 5.32 Å². The van der Waals surface area contributed by atoms with E-state index in [1.165, 1.54) is 24.4 Å². The summed E-state index contributed by atoms with van der Waals surface area (Å²) in [4.78, 5) is 16.0. The van der Waals surface area contributed by atoms with Gasteiger partial charge in [-0.05, 0) is 31.0 Å². The summed E-state index contributed by atoms with van der Waals surface area (Å²) in [6, 6.07) is 5.78. The second kappa shape index (κ2) is 8.19. The summed E-state index contributed by atoms with van der Waals surface area (Å²) in [6.45, 7) is -0.565. The van der Waals surface area contributed by atoms with Gasteiger partial charge in [-0.1, -0.05) is 35.6 Å². The van der Waals surface area contributed by atoms with Crippen molar-refractivity contribution in [3.63, 3.8) is 0 Å². The van der Waals surface area contributed by atoms with Crippen LogP contribution in [0.3, 0.4) is 0 Å². The molecular weight excluding hydrogens is 396 g/mol. The maximum absolute atomic E-state index is 14.4. The average molecular weight is 411 g/mol. The molecule has 1 N–H and O–H groups in total. The number of benzene rings is 1. The number of nitrogens with zero attached hydrogens (tertiary/aromatic N) is 1. The number of rotatable bonds is 4. The Bertz CT molecular complexity index is 945. The predicted octanol–water partition coefficient (Wildman–Crippen LogP) is 4.96. The van der Waals surface area contributed by atoms with E-state index in [0.29, 0.717) is 11.5 Å². The molecule has 8 heteroatoms. The summed E-state index contributed by atoms with van der Waals surface area (Å²) in [5, 5.41) is 2.20. The fourth-order valence-electron chi connectivity index (χ4n) is 2.46. The third-order valence-electron chi connectivity index (χ3n) is 4.08. The van der Waals surface area contributed by atoms with Crippen LogP contribution in [0.25, 0.3) is 0 Å². The molecule has 1 aliphatic carbocycles. The van der Waals surface area contributed by atoms with Gasteiger partial charge in [-0.15, -0.1) is 0 Å². The summed E-state index contributed by atoms with van der Waals surface area (Å²) < 4.78 is 53.4. The molecule has 1 aromatic carbocycles. The molecule has 146 valence electrons. The summed E-state index contributed by atoms with van der Waals surface area (Å²) in [6.07, 6.45) is -2.96. The van der Waals surface area contributed by atoms with Gasteiger partial charge >= 0.3 is 6.18 Å². The minimum atomic E-state index is -4.69. The Morgan fingerprint density at radius 3 is 2.68 bits per heavy atom. The molecular formula is C20H15ClF4N2O. The lowest BCUT2D eigenvalue weighted by molar-refractivity contribution is -0.137. The molecule has 3 rings (SSSR count). The maximum atomic E-state index is 14.4. The van der Waals surface area contributed by atoms with E-state index in [4.69, 9.17) is 11.6 Å². The SMILES string of the molecule is O=C(NCC(F)c1ncc(C#CC2CC2)cc1Cl)c1ccccc1C(F)(F)F. The van der Waals surface area contributed by atoms with Crippen molar-refractivity contribution in [2.45, 2.75) is 25.2 Å². The van der Waals surface area contributed by atoms with E-state index in [0.717, 1.165) is 25.0 Å². The molecule has 2 aromatic rings. The normalized spacial score (nSPS) is 14.8. The Hall–Kier alpha value is -2.59. The standard InChI is InChI=1S/C20H15ClF4N2O/c21-16-9-13(8-7-12-5-6-12)10-26-18(16)17(22)11-27-19(28)14-3-1-2-4-15(14)20(23,24)25/h1-4,9-10,12,17H,5-6,11H2,(H,27,28). The van der Waals surface area contributed by atoms with Gasteiger partial charge in [0.05, 0.1) is 28.4 Å². The Morgan fingerprint density at radius 1 is 1.32 bits per heavy atom. The summed E-state index contributed by atoms with van der Waals surface area (Å²) in [5.41, 5.74) is -1.22. The molecule has 0 radical (unpaired) electrons. The molecule has 1 amide bonds. The van der Waals surface area contributed by atoms with Crippen molar-refractivity contribution in [2.24, 2.45) is 5.92 Å². The smallest absolute Gasteiger partial charge is 0.349 e. The van der Waals surface area contributed by atoms with E-state index < -0.39 is 35.9 Å². The number of hydrogen-bond acceptors (Lipinski definition) is 2. The van der Waals surface area contributed by atoms with E-state index in [1.807, 2.05) is 0 Å². The number of aromatic nitrogens is 1. The van der Waals surface area contributed by atoms with Crippen LogP contribution in [0.1, 0.15) is 46.2 Å². The van der Waals surface area contributed by atoms with Gasteiger partial charge in [0.25, 0.3) is 5.91 Å². The van der Waals surface area contributed by atoms with Gasteiger partial charge in [0.15, 0.2) is 6.17 Å². The Morgan fingerprint density at radius 2 is 2.04 bits per heavy atom. The first-order chi connectivity index (χ1) is 13.3. The molecule has 1 saturated carbocycles. The molecule has 1 aromatic heterocycles. The van der Waals surface area contributed by atoms with Gasteiger partial charge in [0.1, 0.15) is 0 Å². The van der Waals surface area contributed by atoms with Gasteiger partial charge in [-0.3, -0.25) is 9.78 Å². The first kappa shape index (κ1) is 20.2. The second-order valence-electron chi connectivity index (χ2n) is 6.36. The number of alkyl halides is 4. The summed E-state index contributed by atoms with van der Waals surface area (Å²) in [7, 11) is 0. The van der Waals surface area contributed by atoms with E-state index in [9.17, 15) is 22.4 Å². The number of pyridine rings is 1. The second-order valence-corrected chi connectivity index (χ2v) is 6.76. The molecule has 0 spiro atoms. The predicted molar refractivity (Wildman–Crippen MR) is 96.5 cm³/mol. The number of carbonyl (C=O) groups excluding carboxylic acids is 1. The fourth-order valence-corrected chi connectivity index (χ4v) is 2.75. The highest BCUT2D eigenvalue weighted by molar-refractivity contribution is 6.31. The van der Waals surface area contributed by atoms with Crippen molar-refractivity contribution >= 4 is 17.5 Å². The van der Waals surface area contributed by atoms with E-state index in [1.54, 1.807) is 0 Å². The zero-order valence-corrected chi connectivity index (χ0v) is 15.2. The van der Waals surface area contributed by atoms with Crippen LogP contribution < -0.4 is 5.32 Å². The Kier molecular flexibility index (Phi) is 5.90. The molecule has 3 nitrogen and oxygen atoms in total. The minimum Gasteiger partial charge on any atom is -0.349 e. The van der Waals surface area contributed by atoms with E-state index in [2.05, 4.69) is 22.1 Å². The van der Waals surface area contributed by atoms with Crippen LogP contribution in [-0.2, 0) is 6.18 Å². The molecule has 1 unspecified atom stereocenters. The lowest BCUT2D eigenvalue weighted by atomic mass is 10.1. The first-order valence-corrected chi connectivity index (χ1v) is 8.89. The topological polar surface area (TPSA) is 42.0 Å². The third kappa shape index (κ3) is 5.02. The highest BCUT2D eigenvalue weighted by Crippen LogP contribution is 2.32. The summed E-state index contributed by atoms with van der Waals surface area (Å²) >= 11 is 6.04. The molecule has 1 heterocycles. The largest absolute Gasteiger partial charge is 0.417 e. The van der Waals surface area contributed by atoms with Crippen molar-refractivity contribution in [2.75, 3.05) is 6.54 Å². The number of hydrogen-bond donors (Lipinski definition) is 1. The van der Waals surface area contributed by atoms with Gasteiger partial charge in [0.2, 0.25) is 0 Å². The Labute approximate surface area is 164 Å². The van der Waals surface area contributed by atoms with Crippen LogP contribution >= 0.6 is 11.6 Å². The molecule has 0 bridgehead atoms. The lowest BCUT2D eigenvalue weighted by Gasteiger charge is -2.14. The van der Waals surface area contributed by atoms with E-state index >= 15 is 0 Å². The number of amides is 1. The number of nitrogens with one attached hydrogen (secondary N) is 1. The quantitative estimate of drug-likeness (QED) is 0.572. The molecule has 0 saturated heterocycles. The van der Waals surface area contributed by atoms with Crippen molar-refractivity contribution in [1.82, 2.24) is 10.3 Å². The third-order valence-corrected chi connectivity index (χ3v) is 4.39. The van der Waals surface area contributed by atoms with E-state index in [-0.39, 0.29) is 10.7 Å². The molecule has 1 atom stereocenters. The van der Waals surface area contributed by atoms with Crippen molar-refractivity contribution < 1.29 is 22.4 Å². The van der Waals surface area contributed by atoms with Crippen LogP contribution in [0.4, 0.5) is 17.6 Å². The fraction of sp³-hybridized carbons (Fsp3) is 0.300. The minimum absolute atomic E-state index is 0.0417. The van der Waals surface area contributed by atoms with Gasteiger partial charge in [-0.2, -0.15) is 13.2 Å². The highest BCUT2D eigenvalue weighted by Gasteiger charge is 2.35. The van der Waals surface area contributed by atoms with Crippen LogP contribution in [0.5, 0.6) is 0 Å². The molecule has 1 fully saturated rings. The number of halogens is 5. The van der Waals surface area contributed by atoms with Crippen LogP contribution in [-0.4, -0.2) is 17.4 Å². The first-order valence-electron chi connectivity index (χ1n) is 8.51. The van der Waals surface area contributed by atoms with Gasteiger partial charge in [0, 0.05) is 17.7 Å². The lowest BCUT2D eigenvalue weighted by Crippen LogP contribution is -2.29. The monoisotopic (exact) mass is 410 g/mol. The van der Waals surface area contributed by atoms with Crippen LogP contribution in [0.15, 0.2) is 36.5 Å². The number of carbonyl (C=O) groups is 1. The maximum Gasteiger partial charge on any atom is 0.417 e. The zero-order valence-electron chi connectivity index (χ0n) is 14.5. The summed E-state index contributed by atoms with van der Waals surface area (Å²) in [5.74, 6) is 5.30. The Balaban J connectivity index is 1.67. The zero-order chi connectivity index (χ0) is 20.3. The molecule has 1 aliphatic rings. The van der Waals surface area contributed by atoms with Crippen molar-refractivity contribution in [1.29, 1.82) is 0 Å². The molecule has 28 heavy (non-hydrogen) atoms. The van der Waals surface area contributed by atoms with Gasteiger partial charge in [-0.25, -0.2) is 4.39 Å². The average Bonchev–Trinajstić information content (AvgIpc) is 3.48. The van der Waals surface area contributed by atoms with Crippen molar-refractivity contribution in [3.8, 4) is 11.8 Å².